The SMILES string of the molecule is O=C(NCC(=O)N1C2CCC1CC(n1cncn1)C2)OCc1ccccc1. The molecule has 3 heterocycles. The molecule has 0 aliphatic carbocycles. The summed E-state index contributed by atoms with van der Waals surface area (Å²) in [5.74, 6) is -0.0452. The number of rotatable bonds is 5. The summed E-state index contributed by atoms with van der Waals surface area (Å²) in [6, 6.07) is 10.1. The number of carbonyl (C=O) groups is 2. The van der Waals surface area contributed by atoms with Gasteiger partial charge in [-0.15, -0.1) is 0 Å². The van der Waals surface area contributed by atoms with Crippen LogP contribution in [0.15, 0.2) is 43.0 Å². The maximum atomic E-state index is 12.7. The van der Waals surface area contributed by atoms with Crippen molar-refractivity contribution in [2.75, 3.05) is 6.54 Å². The molecule has 2 atom stereocenters. The average Bonchev–Trinajstić information content (AvgIpc) is 3.32. The number of nitrogens with one attached hydrogen (secondary N) is 1. The molecule has 2 fully saturated rings. The fourth-order valence-electron chi connectivity index (χ4n) is 4.19. The fourth-order valence-corrected chi connectivity index (χ4v) is 4.19. The Labute approximate surface area is 157 Å². The summed E-state index contributed by atoms with van der Waals surface area (Å²) in [6.45, 7) is 0.157. The number of ether oxygens (including phenoxy) is 1. The molecule has 142 valence electrons. The van der Waals surface area contributed by atoms with Crippen molar-refractivity contribution < 1.29 is 14.3 Å². The summed E-state index contributed by atoms with van der Waals surface area (Å²) in [4.78, 5) is 30.5. The van der Waals surface area contributed by atoms with Crippen LogP contribution in [0.1, 0.15) is 37.3 Å². The molecule has 8 nitrogen and oxygen atoms in total. The number of aromatic nitrogens is 3. The van der Waals surface area contributed by atoms with Crippen molar-refractivity contribution in [1.29, 1.82) is 0 Å². The van der Waals surface area contributed by atoms with Crippen LogP contribution in [0.3, 0.4) is 0 Å². The van der Waals surface area contributed by atoms with Gasteiger partial charge in [0.15, 0.2) is 0 Å². The first kappa shape index (κ1) is 17.5. The Bertz CT molecular complexity index is 766. The van der Waals surface area contributed by atoms with Gasteiger partial charge in [0.1, 0.15) is 25.8 Å². The molecule has 2 aliphatic heterocycles. The zero-order valence-electron chi connectivity index (χ0n) is 15.0. The molecule has 4 rings (SSSR count). The number of amides is 2. The standard InChI is InChI=1S/C19H23N5O3/c25-18(10-21-19(26)27-11-14-4-2-1-3-5-14)24-15-6-7-16(24)9-17(8-15)23-13-20-12-22-23/h1-5,12-13,15-17H,6-11H2,(H,21,26). The highest BCUT2D eigenvalue weighted by Gasteiger charge is 2.43. The molecular weight excluding hydrogens is 346 g/mol. The summed E-state index contributed by atoms with van der Waals surface area (Å²) in [7, 11) is 0. The van der Waals surface area contributed by atoms with Crippen molar-refractivity contribution in [1.82, 2.24) is 25.0 Å². The first-order chi connectivity index (χ1) is 13.2. The van der Waals surface area contributed by atoms with E-state index in [2.05, 4.69) is 15.4 Å². The molecule has 27 heavy (non-hydrogen) atoms. The van der Waals surface area contributed by atoms with Crippen molar-refractivity contribution in [3.63, 3.8) is 0 Å². The van der Waals surface area contributed by atoms with Gasteiger partial charge in [0.2, 0.25) is 5.91 Å². The Balaban J connectivity index is 1.26. The van der Waals surface area contributed by atoms with Gasteiger partial charge in [-0.3, -0.25) is 4.79 Å². The van der Waals surface area contributed by atoms with E-state index >= 15 is 0 Å². The highest BCUT2D eigenvalue weighted by atomic mass is 16.5. The number of hydrogen-bond donors (Lipinski definition) is 1. The molecule has 0 spiro atoms. The van der Waals surface area contributed by atoms with Crippen molar-refractivity contribution in [3.05, 3.63) is 48.5 Å². The minimum Gasteiger partial charge on any atom is -0.445 e. The monoisotopic (exact) mass is 369 g/mol. The van der Waals surface area contributed by atoms with Gasteiger partial charge in [-0.05, 0) is 31.2 Å². The van der Waals surface area contributed by atoms with Crippen molar-refractivity contribution in [2.45, 2.75) is 50.4 Å². The summed E-state index contributed by atoms with van der Waals surface area (Å²) in [6.07, 6.45) is 6.47. The zero-order chi connectivity index (χ0) is 18.6. The lowest BCUT2D eigenvalue weighted by molar-refractivity contribution is -0.135. The van der Waals surface area contributed by atoms with Gasteiger partial charge >= 0.3 is 6.09 Å². The molecule has 0 saturated carbocycles. The molecule has 1 aromatic carbocycles. The molecule has 2 saturated heterocycles. The second-order valence-corrected chi connectivity index (χ2v) is 7.10. The van der Waals surface area contributed by atoms with Gasteiger partial charge in [0.05, 0.1) is 6.04 Å². The lowest BCUT2D eigenvalue weighted by atomic mass is 9.97. The number of nitrogens with zero attached hydrogens (tertiary/aromatic N) is 4. The zero-order valence-corrected chi connectivity index (χ0v) is 15.0. The van der Waals surface area contributed by atoms with Gasteiger partial charge in [-0.1, -0.05) is 30.3 Å². The maximum Gasteiger partial charge on any atom is 0.407 e. The second-order valence-electron chi connectivity index (χ2n) is 7.10. The van der Waals surface area contributed by atoms with Crippen molar-refractivity contribution in [3.8, 4) is 0 Å². The number of fused-ring (bicyclic) bond motifs is 2. The Morgan fingerprint density at radius 2 is 1.85 bits per heavy atom. The molecule has 1 aromatic heterocycles. The lowest BCUT2D eigenvalue weighted by Gasteiger charge is -2.38. The predicted molar refractivity (Wildman–Crippen MR) is 96.6 cm³/mol. The van der Waals surface area contributed by atoms with E-state index in [9.17, 15) is 9.59 Å². The molecule has 8 heteroatoms. The van der Waals surface area contributed by atoms with E-state index in [1.54, 1.807) is 12.7 Å². The van der Waals surface area contributed by atoms with E-state index < -0.39 is 6.09 Å². The Morgan fingerprint density at radius 3 is 2.52 bits per heavy atom. The smallest absolute Gasteiger partial charge is 0.407 e. The number of alkyl carbamates (subject to hydrolysis) is 1. The van der Waals surface area contributed by atoms with E-state index in [0.29, 0.717) is 0 Å². The van der Waals surface area contributed by atoms with Crippen LogP contribution in [0.2, 0.25) is 0 Å². The highest BCUT2D eigenvalue weighted by molar-refractivity contribution is 5.83. The first-order valence-electron chi connectivity index (χ1n) is 9.30. The van der Waals surface area contributed by atoms with E-state index in [4.69, 9.17) is 4.74 Å². The average molecular weight is 369 g/mol. The van der Waals surface area contributed by atoms with E-state index in [0.717, 1.165) is 31.2 Å². The van der Waals surface area contributed by atoms with Crippen molar-refractivity contribution >= 4 is 12.0 Å². The quantitative estimate of drug-likeness (QED) is 0.869. The normalized spacial score (nSPS) is 23.9. The van der Waals surface area contributed by atoms with Gasteiger partial charge in [-0.25, -0.2) is 14.5 Å². The molecular formula is C19H23N5O3. The number of carbonyl (C=O) groups excluding carboxylic acids is 2. The van der Waals surface area contributed by atoms with Crippen LogP contribution in [0, 0.1) is 0 Å². The maximum absolute atomic E-state index is 12.7. The first-order valence-corrected chi connectivity index (χ1v) is 9.30. The minimum absolute atomic E-state index is 0.0331. The molecule has 2 unspecified atom stereocenters. The van der Waals surface area contributed by atoms with Crippen LogP contribution in [0.4, 0.5) is 4.79 Å². The second kappa shape index (κ2) is 7.77. The van der Waals surface area contributed by atoms with Crippen LogP contribution in [0.5, 0.6) is 0 Å². The summed E-state index contributed by atoms with van der Waals surface area (Å²) < 4.78 is 7.06. The van der Waals surface area contributed by atoms with Gasteiger partial charge in [0, 0.05) is 12.1 Å². The lowest BCUT2D eigenvalue weighted by Crippen LogP contribution is -2.50. The van der Waals surface area contributed by atoms with Gasteiger partial charge < -0.3 is 15.0 Å². The van der Waals surface area contributed by atoms with Crippen LogP contribution in [0.25, 0.3) is 0 Å². The molecule has 0 radical (unpaired) electrons. The van der Waals surface area contributed by atoms with E-state index in [-0.39, 0.29) is 37.2 Å². The van der Waals surface area contributed by atoms with E-state index in [1.165, 1.54) is 0 Å². The Hall–Kier alpha value is -2.90. The van der Waals surface area contributed by atoms with Crippen LogP contribution >= 0.6 is 0 Å². The van der Waals surface area contributed by atoms with Crippen molar-refractivity contribution in [2.24, 2.45) is 0 Å². The third-order valence-corrected chi connectivity index (χ3v) is 5.40. The topological polar surface area (TPSA) is 89.4 Å². The third kappa shape index (κ3) is 3.94. The number of piperidine rings is 1. The van der Waals surface area contributed by atoms with Gasteiger partial charge in [-0.2, -0.15) is 5.10 Å². The molecule has 2 aliphatic rings. The largest absolute Gasteiger partial charge is 0.445 e. The van der Waals surface area contributed by atoms with Crippen LogP contribution in [-0.4, -0.2) is 50.3 Å². The number of benzene rings is 1. The number of hydrogen-bond acceptors (Lipinski definition) is 5. The predicted octanol–water partition coefficient (Wildman–Crippen LogP) is 1.90. The van der Waals surface area contributed by atoms with Crippen LogP contribution < -0.4 is 5.32 Å². The van der Waals surface area contributed by atoms with Crippen LogP contribution in [-0.2, 0) is 16.1 Å². The molecule has 2 bridgehead atoms. The third-order valence-electron chi connectivity index (χ3n) is 5.40. The Kier molecular flexibility index (Phi) is 5.04. The summed E-state index contributed by atoms with van der Waals surface area (Å²) >= 11 is 0. The summed E-state index contributed by atoms with van der Waals surface area (Å²) in [5.41, 5.74) is 0.909. The highest BCUT2D eigenvalue weighted by Crippen LogP contribution is 2.40. The van der Waals surface area contributed by atoms with Gasteiger partial charge in [0.25, 0.3) is 0 Å². The molecule has 1 N–H and O–H groups in total. The van der Waals surface area contributed by atoms with E-state index in [1.807, 2.05) is 39.9 Å². The molecule has 2 amide bonds. The fraction of sp³-hybridized carbons (Fsp3) is 0.474. The summed E-state index contributed by atoms with van der Waals surface area (Å²) in [5, 5.41) is 6.82. The Morgan fingerprint density at radius 1 is 1.11 bits per heavy atom. The minimum atomic E-state index is -0.572. The molecule has 2 aromatic rings.